The van der Waals surface area contributed by atoms with Crippen LogP contribution in [0.4, 0.5) is 14.9 Å². The summed E-state index contributed by atoms with van der Waals surface area (Å²) in [6.45, 7) is 1.34. The highest BCUT2D eigenvalue weighted by Crippen LogP contribution is 2.26. The first-order valence-corrected chi connectivity index (χ1v) is 8.82. The zero-order chi connectivity index (χ0) is 17.8. The van der Waals surface area contributed by atoms with Crippen LogP contribution in [0.25, 0.3) is 0 Å². The summed E-state index contributed by atoms with van der Waals surface area (Å²) in [5.74, 6) is -0.775. The quantitative estimate of drug-likeness (QED) is 0.657. The molecule has 3 amide bonds. The van der Waals surface area contributed by atoms with E-state index in [0.29, 0.717) is 25.1 Å². The second-order valence-corrected chi connectivity index (χ2v) is 6.80. The van der Waals surface area contributed by atoms with Crippen molar-refractivity contribution in [1.82, 2.24) is 10.6 Å². The number of anilines is 1. The Morgan fingerprint density at radius 1 is 1.36 bits per heavy atom. The normalized spacial score (nSPS) is 14.4. The minimum atomic E-state index is -0.710. The van der Waals surface area contributed by atoms with Gasteiger partial charge in [0.15, 0.2) is 0 Å². The number of hydrogen-bond acceptors (Lipinski definition) is 4. The van der Waals surface area contributed by atoms with Gasteiger partial charge in [-0.3, -0.25) is 4.79 Å². The lowest BCUT2D eigenvalue weighted by Crippen LogP contribution is -2.35. The van der Waals surface area contributed by atoms with Gasteiger partial charge in [0.2, 0.25) is 5.91 Å². The molecule has 132 valence electrons. The molecular weight excluding hydrogens is 343 g/mol. The Labute approximate surface area is 148 Å². The first-order valence-electron chi connectivity index (χ1n) is 7.95. The van der Waals surface area contributed by atoms with Crippen LogP contribution in [0.3, 0.4) is 0 Å². The molecule has 1 atom stereocenters. The molecular formula is C17H19FN4O2S. The molecule has 2 aromatic rings. The molecule has 25 heavy (non-hydrogen) atoms. The van der Waals surface area contributed by atoms with Gasteiger partial charge in [-0.25, -0.2) is 9.18 Å². The van der Waals surface area contributed by atoms with Gasteiger partial charge in [-0.1, -0.05) is 12.1 Å². The lowest BCUT2D eigenvalue weighted by molar-refractivity contribution is -0.116. The topological polar surface area (TPSA) is 96.2 Å². The fraction of sp³-hybridized carbons (Fsp3) is 0.294. The molecule has 0 saturated heterocycles. The number of benzene rings is 1. The zero-order valence-electron chi connectivity index (χ0n) is 13.5. The molecule has 8 heteroatoms. The summed E-state index contributed by atoms with van der Waals surface area (Å²) in [5, 5.41) is 10.2. The summed E-state index contributed by atoms with van der Waals surface area (Å²) >= 11 is 1.41. The fourth-order valence-corrected chi connectivity index (χ4v) is 3.68. The monoisotopic (exact) mass is 362 g/mol. The van der Waals surface area contributed by atoms with E-state index >= 15 is 0 Å². The van der Waals surface area contributed by atoms with Crippen LogP contribution in [-0.2, 0) is 17.8 Å². The molecule has 0 spiro atoms. The molecule has 1 aromatic carbocycles. The first-order chi connectivity index (χ1) is 12.0. The van der Waals surface area contributed by atoms with Crippen molar-refractivity contribution >= 4 is 29.0 Å². The average molecular weight is 362 g/mol. The highest BCUT2D eigenvalue weighted by molar-refractivity contribution is 7.10. The molecule has 0 radical (unpaired) electrons. The van der Waals surface area contributed by atoms with Gasteiger partial charge in [-0.05, 0) is 41.6 Å². The van der Waals surface area contributed by atoms with E-state index < -0.39 is 12.1 Å². The second-order valence-electron chi connectivity index (χ2n) is 5.82. The number of rotatable bonds is 5. The highest BCUT2D eigenvalue weighted by atomic mass is 32.1. The summed E-state index contributed by atoms with van der Waals surface area (Å²) in [4.78, 5) is 24.3. The number of nitrogens with two attached hydrogens (primary N) is 1. The van der Waals surface area contributed by atoms with Gasteiger partial charge in [0.1, 0.15) is 5.82 Å². The largest absolute Gasteiger partial charge is 0.352 e. The van der Waals surface area contributed by atoms with Crippen LogP contribution in [0.1, 0.15) is 28.5 Å². The minimum Gasteiger partial charge on any atom is -0.352 e. The van der Waals surface area contributed by atoms with E-state index in [9.17, 15) is 14.0 Å². The van der Waals surface area contributed by atoms with Crippen LogP contribution in [-0.4, -0.2) is 18.5 Å². The SMILES string of the molecule is NC(=O)NC(CC(=O)Nc1ccc2c(c1F)CCNC2)c1cccs1. The van der Waals surface area contributed by atoms with E-state index in [1.807, 2.05) is 23.6 Å². The standard InChI is InChI=1S/C17H19FN4O2S/c18-16-11-5-6-20-9-10(11)3-4-12(16)21-15(23)8-13(22-17(19)24)14-2-1-7-25-14/h1-4,7,13,20H,5-6,8-9H2,(H,21,23)(H3,19,22,24). The number of fused-ring (bicyclic) bond motifs is 1. The molecule has 1 unspecified atom stereocenters. The maximum atomic E-state index is 14.6. The molecule has 0 bridgehead atoms. The lowest BCUT2D eigenvalue weighted by Gasteiger charge is -2.20. The number of carbonyl (C=O) groups excluding carboxylic acids is 2. The molecule has 1 aliphatic heterocycles. The summed E-state index contributed by atoms with van der Waals surface area (Å²) in [6.07, 6.45) is 0.563. The van der Waals surface area contributed by atoms with Crippen molar-refractivity contribution in [3.8, 4) is 0 Å². The number of carbonyl (C=O) groups is 2. The van der Waals surface area contributed by atoms with Crippen molar-refractivity contribution < 1.29 is 14.0 Å². The predicted octanol–water partition coefficient (Wildman–Crippen LogP) is 2.27. The second kappa shape index (κ2) is 7.62. The van der Waals surface area contributed by atoms with Crippen molar-refractivity contribution in [2.45, 2.75) is 25.4 Å². The summed E-state index contributed by atoms with van der Waals surface area (Å²) in [7, 11) is 0. The molecule has 5 N–H and O–H groups in total. The van der Waals surface area contributed by atoms with Crippen molar-refractivity contribution in [3.63, 3.8) is 0 Å². The van der Waals surface area contributed by atoms with Crippen molar-refractivity contribution in [2.75, 3.05) is 11.9 Å². The highest BCUT2D eigenvalue weighted by Gasteiger charge is 2.21. The van der Waals surface area contributed by atoms with E-state index in [0.717, 1.165) is 10.4 Å². The van der Waals surface area contributed by atoms with Gasteiger partial charge >= 0.3 is 6.03 Å². The Bertz CT molecular complexity index is 779. The van der Waals surface area contributed by atoms with Crippen LogP contribution in [0.5, 0.6) is 0 Å². The van der Waals surface area contributed by atoms with Crippen molar-refractivity contribution in [3.05, 3.63) is 51.5 Å². The summed E-state index contributed by atoms with van der Waals surface area (Å²) < 4.78 is 14.6. The lowest BCUT2D eigenvalue weighted by atomic mass is 9.99. The molecule has 2 heterocycles. The minimum absolute atomic E-state index is 0.0263. The van der Waals surface area contributed by atoms with E-state index in [4.69, 9.17) is 5.73 Å². The van der Waals surface area contributed by atoms with Gasteiger partial charge < -0.3 is 21.7 Å². The number of hydrogen-bond donors (Lipinski definition) is 4. The molecule has 0 fully saturated rings. The third-order valence-electron chi connectivity index (χ3n) is 4.07. The number of nitrogens with one attached hydrogen (secondary N) is 3. The summed E-state index contributed by atoms with van der Waals surface area (Å²) in [6, 6.07) is 5.77. The molecule has 3 rings (SSSR count). The third-order valence-corrected chi connectivity index (χ3v) is 5.06. The predicted molar refractivity (Wildman–Crippen MR) is 94.8 cm³/mol. The van der Waals surface area contributed by atoms with Crippen LogP contribution in [0.15, 0.2) is 29.6 Å². The first kappa shape index (κ1) is 17.4. The summed E-state index contributed by atoms with van der Waals surface area (Å²) in [5.41, 5.74) is 6.90. The Morgan fingerprint density at radius 2 is 2.20 bits per heavy atom. The zero-order valence-corrected chi connectivity index (χ0v) is 14.3. The molecule has 1 aromatic heterocycles. The Kier molecular flexibility index (Phi) is 5.30. The Balaban J connectivity index is 1.72. The fourth-order valence-electron chi connectivity index (χ4n) is 2.90. The molecule has 6 nitrogen and oxygen atoms in total. The van der Waals surface area contributed by atoms with Gasteiger partial charge in [0, 0.05) is 11.4 Å². The van der Waals surface area contributed by atoms with Crippen LogP contribution in [0.2, 0.25) is 0 Å². The van der Waals surface area contributed by atoms with Crippen LogP contribution in [0, 0.1) is 5.82 Å². The smallest absolute Gasteiger partial charge is 0.312 e. The van der Waals surface area contributed by atoms with Gasteiger partial charge in [-0.2, -0.15) is 0 Å². The van der Waals surface area contributed by atoms with E-state index in [2.05, 4.69) is 16.0 Å². The number of thiophene rings is 1. The van der Waals surface area contributed by atoms with Crippen molar-refractivity contribution in [1.29, 1.82) is 0 Å². The number of primary amides is 1. The Morgan fingerprint density at radius 3 is 2.92 bits per heavy atom. The molecule has 0 saturated carbocycles. The van der Waals surface area contributed by atoms with Crippen molar-refractivity contribution in [2.24, 2.45) is 5.73 Å². The number of amides is 3. The van der Waals surface area contributed by atoms with Crippen LogP contribution >= 0.6 is 11.3 Å². The Hall–Kier alpha value is -2.45. The van der Waals surface area contributed by atoms with Gasteiger partial charge in [0.25, 0.3) is 0 Å². The molecule has 0 aliphatic carbocycles. The van der Waals surface area contributed by atoms with E-state index in [1.165, 1.54) is 11.3 Å². The van der Waals surface area contributed by atoms with E-state index in [1.54, 1.807) is 6.07 Å². The molecule has 1 aliphatic rings. The van der Waals surface area contributed by atoms with E-state index in [-0.39, 0.29) is 23.8 Å². The van der Waals surface area contributed by atoms with Crippen LogP contribution < -0.4 is 21.7 Å². The maximum Gasteiger partial charge on any atom is 0.312 e. The average Bonchev–Trinajstić information content (AvgIpc) is 3.11. The van der Waals surface area contributed by atoms with Gasteiger partial charge in [-0.15, -0.1) is 11.3 Å². The third kappa shape index (κ3) is 4.15. The maximum absolute atomic E-state index is 14.6. The number of halogens is 1. The van der Waals surface area contributed by atoms with Gasteiger partial charge in [0.05, 0.1) is 18.2 Å². The number of urea groups is 1.